The van der Waals surface area contributed by atoms with Gasteiger partial charge in [0.2, 0.25) is 11.8 Å². The number of hydrogen-bond donors (Lipinski definition) is 1. The van der Waals surface area contributed by atoms with Gasteiger partial charge >= 0.3 is 0 Å². The lowest BCUT2D eigenvalue weighted by molar-refractivity contribution is -0.118. The zero-order valence-electron chi connectivity index (χ0n) is 18.0. The summed E-state index contributed by atoms with van der Waals surface area (Å²) in [6.07, 6.45) is 1.44. The fourth-order valence-electron chi connectivity index (χ4n) is 4.39. The minimum absolute atomic E-state index is 0.0382. The van der Waals surface area contributed by atoms with E-state index in [1.807, 2.05) is 30.3 Å². The second-order valence-corrected chi connectivity index (χ2v) is 9.46. The molecule has 0 radical (unpaired) electrons. The van der Waals surface area contributed by atoms with Crippen LogP contribution in [-0.4, -0.2) is 65.9 Å². The SMILES string of the molecule is O=C(CN1CCN(Cc2nc3ccccc3s2)CC1)Nc1ccccc1N1CCCC1=O. The first-order valence-electron chi connectivity index (χ1n) is 11.1. The maximum absolute atomic E-state index is 12.7. The van der Waals surface area contributed by atoms with Crippen molar-refractivity contribution in [3.8, 4) is 0 Å². The molecular weight excluding hydrogens is 422 g/mol. The van der Waals surface area contributed by atoms with Gasteiger partial charge in [-0.25, -0.2) is 4.98 Å². The molecule has 166 valence electrons. The van der Waals surface area contributed by atoms with E-state index in [1.54, 1.807) is 16.2 Å². The minimum Gasteiger partial charge on any atom is -0.323 e. The van der Waals surface area contributed by atoms with E-state index in [9.17, 15) is 9.59 Å². The molecule has 2 amide bonds. The summed E-state index contributed by atoms with van der Waals surface area (Å²) in [5, 5.41) is 4.17. The highest BCUT2D eigenvalue weighted by atomic mass is 32.1. The van der Waals surface area contributed by atoms with Crippen molar-refractivity contribution in [2.24, 2.45) is 0 Å². The molecule has 0 atom stereocenters. The number of piperazine rings is 1. The zero-order valence-corrected chi connectivity index (χ0v) is 18.8. The fourth-order valence-corrected chi connectivity index (χ4v) is 5.40. The topological polar surface area (TPSA) is 68.8 Å². The van der Waals surface area contributed by atoms with E-state index >= 15 is 0 Å². The van der Waals surface area contributed by atoms with E-state index in [0.29, 0.717) is 25.2 Å². The molecule has 2 fully saturated rings. The average Bonchev–Trinajstić information content (AvgIpc) is 3.41. The van der Waals surface area contributed by atoms with Gasteiger partial charge in [-0.05, 0) is 30.7 Å². The Morgan fingerprint density at radius 2 is 1.72 bits per heavy atom. The Bertz CT molecular complexity index is 1090. The highest BCUT2D eigenvalue weighted by Gasteiger charge is 2.25. The number of carbonyl (C=O) groups excluding carboxylic acids is 2. The summed E-state index contributed by atoms with van der Waals surface area (Å²) in [5.41, 5.74) is 2.57. The van der Waals surface area contributed by atoms with Crippen LogP contribution in [0.1, 0.15) is 17.8 Å². The standard InChI is InChI=1S/C24H27N5O2S/c30-22(25-18-6-1-3-8-20(18)29-11-5-10-24(29)31)16-27-12-14-28(15-13-27)17-23-26-19-7-2-4-9-21(19)32-23/h1-4,6-9H,5,10-17H2,(H,25,30). The number of hydrogen-bond acceptors (Lipinski definition) is 6. The van der Waals surface area contributed by atoms with Gasteiger partial charge in [0.15, 0.2) is 0 Å². The zero-order chi connectivity index (χ0) is 21.9. The quantitative estimate of drug-likeness (QED) is 0.626. The Balaban J connectivity index is 1.13. The Labute approximate surface area is 191 Å². The molecule has 0 bridgehead atoms. The molecule has 0 spiro atoms. The number of thiazole rings is 1. The normalized spacial score (nSPS) is 17.9. The van der Waals surface area contributed by atoms with Crippen LogP contribution < -0.4 is 10.2 Å². The molecule has 7 nitrogen and oxygen atoms in total. The molecule has 0 aliphatic carbocycles. The number of carbonyl (C=O) groups is 2. The first-order valence-corrected chi connectivity index (χ1v) is 12.0. The van der Waals surface area contributed by atoms with E-state index in [4.69, 9.17) is 4.98 Å². The van der Waals surface area contributed by atoms with Crippen LogP contribution in [0.3, 0.4) is 0 Å². The Morgan fingerprint density at radius 3 is 2.50 bits per heavy atom. The molecule has 1 N–H and O–H groups in total. The van der Waals surface area contributed by atoms with E-state index < -0.39 is 0 Å². The molecule has 3 heterocycles. The molecule has 0 saturated carbocycles. The van der Waals surface area contributed by atoms with Crippen molar-refractivity contribution >= 4 is 44.7 Å². The summed E-state index contributed by atoms with van der Waals surface area (Å²) >= 11 is 1.76. The van der Waals surface area contributed by atoms with Crippen LogP contribution in [0.5, 0.6) is 0 Å². The smallest absolute Gasteiger partial charge is 0.238 e. The minimum atomic E-state index is -0.0382. The molecule has 32 heavy (non-hydrogen) atoms. The Morgan fingerprint density at radius 1 is 0.969 bits per heavy atom. The second kappa shape index (κ2) is 9.36. The predicted octanol–water partition coefficient (Wildman–Crippen LogP) is 3.18. The Hall–Kier alpha value is -2.81. The van der Waals surface area contributed by atoms with Gasteiger partial charge in [0.25, 0.3) is 0 Å². The van der Waals surface area contributed by atoms with Crippen LogP contribution >= 0.6 is 11.3 Å². The number of amides is 2. The van der Waals surface area contributed by atoms with Gasteiger partial charge in [0, 0.05) is 39.1 Å². The second-order valence-electron chi connectivity index (χ2n) is 8.34. The molecule has 5 rings (SSSR count). The van der Waals surface area contributed by atoms with Gasteiger partial charge in [-0.15, -0.1) is 11.3 Å². The van der Waals surface area contributed by atoms with Crippen LogP contribution in [0, 0.1) is 0 Å². The van der Waals surface area contributed by atoms with Crippen LogP contribution in [0.4, 0.5) is 11.4 Å². The maximum Gasteiger partial charge on any atom is 0.238 e. The van der Waals surface area contributed by atoms with Gasteiger partial charge in [-0.2, -0.15) is 0 Å². The van der Waals surface area contributed by atoms with Crippen molar-refractivity contribution < 1.29 is 9.59 Å². The number of para-hydroxylation sites is 3. The maximum atomic E-state index is 12.7. The van der Waals surface area contributed by atoms with Crippen LogP contribution in [-0.2, 0) is 16.1 Å². The number of nitrogens with one attached hydrogen (secondary N) is 1. The summed E-state index contributed by atoms with van der Waals surface area (Å²) in [6, 6.07) is 15.8. The predicted molar refractivity (Wildman–Crippen MR) is 128 cm³/mol. The molecule has 2 aliphatic heterocycles. The first kappa shape index (κ1) is 21.1. The number of fused-ring (bicyclic) bond motifs is 1. The monoisotopic (exact) mass is 449 g/mol. The molecule has 0 unspecified atom stereocenters. The summed E-state index contributed by atoms with van der Waals surface area (Å²) in [7, 11) is 0. The number of rotatable bonds is 6. The van der Waals surface area contributed by atoms with Crippen LogP contribution in [0.15, 0.2) is 48.5 Å². The summed E-state index contributed by atoms with van der Waals surface area (Å²) in [6.45, 7) is 5.47. The van der Waals surface area contributed by atoms with Crippen LogP contribution in [0.2, 0.25) is 0 Å². The molecular formula is C24H27N5O2S. The van der Waals surface area contributed by atoms with Gasteiger partial charge in [-0.3, -0.25) is 19.4 Å². The third-order valence-electron chi connectivity index (χ3n) is 6.07. The van der Waals surface area contributed by atoms with Crippen molar-refractivity contribution in [2.45, 2.75) is 19.4 Å². The highest BCUT2D eigenvalue weighted by molar-refractivity contribution is 7.18. The third kappa shape index (κ3) is 4.67. The lowest BCUT2D eigenvalue weighted by atomic mass is 10.2. The van der Waals surface area contributed by atoms with Crippen LogP contribution in [0.25, 0.3) is 10.2 Å². The molecule has 3 aromatic rings. The van der Waals surface area contributed by atoms with Crippen molar-refractivity contribution in [1.82, 2.24) is 14.8 Å². The number of anilines is 2. The molecule has 2 aromatic carbocycles. The van der Waals surface area contributed by atoms with Crippen molar-refractivity contribution in [3.05, 3.63) is 53.5 Å². The van der Waals surface area contributed by atoms with E-state index in [0.717, 1.165) is 55.4 Å². The van der Waals surface area contributed by atoms with Gasteiger partial charge in [-0.1, -0.05) is 24.3 Å². The summed E-state index contributed by atoms with van der Waals surface area (Å²) in [4.78, 5) is 36.0. The van der Waals surface area contributed by atoms with E-state index in [2.05, 4.69) is 33.3 Å². The highest BCUT2D eigenvalue weighted by Crippen LogP contribution is 2.29. The first-order chi connectivity index (χ1) is 15.7. The van der Waals surface area contributed by atoms with Crippen molar-refractivity contribution in [3.63, 3.8) is 0 Å². The average molecular weight is 450 g/mol. The van der Waals surface area contributed by atoms with Crippen molar-refractivity contribution in [1.29, 1.82) is 0 Å². The molecule has 2 aliphatic rings. The van der Waals surface area contributed by atoms with Crippen molar-refractivity contribution in [2.75, 3.05) is 49.5 Å². The summed E-state index contributed by atoms with van der Waals surface area (Å²) < 4.78 is 1.23. The largest absolute Gasteiger partial charge is 0.323 e. The van der Waals surface area contributed by atoms with Gasteiger partial charge < -0.3 is 10.2 Å². The summed E-state index contributed by atoms with van der Waals surface area (Å²) in [5.74, 6) is 0.0830. The van der Waals surface area contributed by atoms with Gasteiger partial charge in [0.05, 0.1) is 34.7 Å². The van der Waals surface area contributed by atoms with E-state index in [-0.39, 0.29) is 11.8 Å². The lowest BCUT2D eigenvalue weighted by Gasteiger charge is -2.33. The van der Waals surface area contributed by atoms with Gasteiger partial charge in [0.1, 0.15) is 5.01 Å². The Kier molecular flexibility index (Phi) is 6.16. The molecule has 2 saturated heterocycles. The van der Waals surface area contributed by atoms with E-state index in [1.165, 1.54) is 4.70 Å². The fraction of sp³-hybridized carbons (Fsp3) is 0.375. The number of aromatic nitrogens is 1. The molecule has 8 heteroatoms. The lowest BCUT2D eigenvalue weighted by Crippen LogP contribution is -2.48. The molecule has 1 aromatic heterocycles. The number of nitrogens with zero attached hydrogens (tertiary/aromatic N) is 4. The number of benzene rings is 2. The third-order valence-corrected chi connectivity index (χ3v) is 7.09.